The van der Waals surface area contributed by atoms with Gasteiger partial charge < -0.3 is 0 Å². The number of fused-ring (bicyclic) bond motifs is 1. The Balaban J connectivity index is 1.61. The van der Waals surface area contributed by atoms with Gasteiger partial charge in [0.15, 0.2) is 5.16 Å². The number of benzene rings is 1. The van der Waals surface area contributed by atoms with Crippen LogP contribution >= 0.6 is 23.4 Å². The smallest absolute Gasteiger partial charge is 0.258 e. The van der Waals surface area contributed by atoms with Gasteiger partial charge in [-0.2, -0.15) is 0 Å². The van der Waals surface area contributed by atoms with Gasteiger partial charge in [0.2, 0.25) is 0 Å². The summed E-state index contributed by atoms with van der Waals surface area (Å²) in [5.41, 5.74) is 2.07. The van der Waals surface area contributed by atoms with Crippen molar-refractivity contribution in [3.05, 3.63) is 82.1 Å². The average Bonchev–Trinajstić information content (AvgIpc) is 3.10. The van der Waals surface area contributed by atoms with Crippen molar-refractivity contribution >= 4 is 29.0 Å². The first kappa shape index (κ1) is 15.9. The van der Waals surface area contributed by atoms with E-state index in [0.717, 1.165) is 10.8 Å². The monoisotopic (exact) mass is 369 g/mol. The Bertz CT molecular complexity index is 1090. The summed E-state index contributed by atoms with van der Waals surface area (Å²) in [5, 5.41) is 9.37. The molecule has 0 unspecified atom stereocenters. The molecule has 8 heteroatoms. The van der Waals surface area contributed by atoms with Crippen LogP contribution in [0.1, 0.15) is 5.69 Å². The van der Waals surface area contributed by atoms with Crippen LogP contribution in [0.5, 0.6) is 0 Å². The van der Waals surface area contributed by atoms with Gasteiger partial charge in [0, 0.05) is 23.7 Å². The van der Waals surface area contributed by atoms with Crippen LogP contribution in [0.2, 0.25) is 5.02 Å². The summed E-state index contributed by atoms with van der Waals surface area (Å²) < 4.78 is 3.33. The second-order valence-electron chi connectivity index (χ2n) is 5.27. The molecule has 3 aromatic heterocycles. The number of nitrogens with zero attached hydrogens (tertiary/aromatic N) is 5. The molecule has 0 fully saturated rings. The third-order valence-electron chi connectivity index (χ3n) is 3.58. The number of rotatable bonds is 4. The standard InChI is InChI=1S/C17H12ClN5OS/c18-12-6-7-15-20-13(8-16(24)22(15)9-12)10-25-17-21-19-11-23(17)14-4-2-1-3-5-14/h1-9,11H,10H2. The SMILES string of the molecule is O=c1cc(CSc2nncn2-c2ccccc2)nc2ccc(Cl)cn12. The number of thioether (sulfide) groups is 1. The molecule has 4 aromatic rings. The number of hydrogen-bond donors (Lipinski definition) is 0. The predicted molar refractivity (Wildman–Crippen MR) is 97.4 cm³/mol. The number of pyridine rings is 1. The summed E-state index contributed by atoms with van der Waals surface area (Å²) in [7, 11) is 0. The van der Waals surface area contributed by atoms with E-state index in [-0.39, 0.29) is 5.56 Å². The average molecular weight is 370 g/mol. The second-order valence-corrected chi connectivity index (χ2v) is 6.65. The van der Waals surface area contributed by atoms with Crippen LogP contribution in [0.15, 0.2) is 71.0 Å². The largest absolute Gasteiger partial charge is 0.277 e. The summed E-state index contributed by atoms with van der Waals surface area (Å²) in [4.78, 5) is 16.7. The van der Waals surface area contributed by atoms with Crippen LogP contribution in [0, 0.1) is 0 Å². The predicted octanol–water partition coefficient (Wildman–Crippen LogP) is 3.22. The highest BCUT2D eigenvalue weighted by molar-refractivity contribution is 7.98. The summed E-state index contributed by atoms with van der Waals surface area (Å²) in [6.45, 7) is 0. The number of para-hydroxylation sites is 1. The Morgan fingerprint density at radius 3 is 2.80 bits per heavy atom. The molecule has 0 amide bonds. The number of aromatic nitrogens is 5. The van der Waals surface area contributed by atoms with Gasteiger partial charge in [0.05, 0.1) is 10.7 Å². The molecule has 6 nitrogen and oxygen atoms in total. The van der Waals surface area contributed by atoms with Gasteiger partial charge in [-0.05, 0) is 24.3 Å². The van der Waals surface area contributed by atoms with Crippen LogP contribution in [0.3, 0.4) is 0 Å². The molecular weight excluding hydrogens is 358 g/mol. The molecule has 4 rings (SSSR count). The molecule has 1 aromatic carbocycles. The van der Waals surface area contributed by atoms with Crippen molar-refractivity contribution in [3.63, 3.8) is 0 Å². The van der Waals surface area contributed by atoms with Crippen LogP contribution < -0.4 is 5.56 Å². The molecular formula is C17H12ClN5OS. The fourth-order valence-corrected chi connectivity index (χ4v) is 3.41. The Hall–Kier alpha value is -2.64. The van der Waals surface area contributed by atoms with Crippen molar-refractivity contribution in [3.8, 4) is 5.69 Å². The van der Waals surface area contributed by atoms with E-state index in [1.54, 1.807) is 24.7 Å². The zero-order valence-corrected chi connectivity index (χ0v) is 14.5. The molecule has 25 heavy (non-hydrogen) atoms. The van der Waals surface area contributed by atoms with E-state index in [1.165, 1.54) is 22.2 Å². The van der Waals surface area contributed by atoms with E-state index in [2.05, 4.69) is 15.2 Å². The maximum Gasteiger partial charge on any atom is 0.258 e. The van der Waals surface area contributed by atoms with Crippen LogP contribution in [0.25, 0.3) is 11.3 Å². The van der Waals surface area contributed by atoms with Crippen LogP contribution in [0.4, 0.5) is 0 Å². The zero-order valence-electron chi connectivity index (χ0n) is 12.9. The molecule has 0 aliphatic rings. The lowest BCUT2D eigenvalue weighted by Gasteiger charge is -2.06. The van der Waals surface area contributed by atoms with E-state index in [0.29, 0.717) is 22.1 Å². The molecule has 0 aliphatic carbocycles. The summed E-state index contributed by atoms with van der Waals surface area (Å²) in [5.74, 6) is 0.514. The lowest BCUT2D eigenvalue weighted by molar-refractivity contribution is 0.882. The molecule has 0 radical (unpaired) electrons. The lowest BCUT2D eigenvalue weighted by atomic mass is 10.3. The van der Waals surface area contributed by atoms with E-state index < -0.39 is 0 Å². The van der Waals surface area contributed by atoms with E-state index >= 15 is 0 Å². The highest BCUT2D eigenvalue weighted by Crippen LogP contribution is 2.22. The van der Waals surface area contributed by atoms with Crippen molar-refractivity contribution in [2.24, 2.45) is 0 Å². The van der Waals surface area contributed by atoms with Crippen LogP contribution in [-0.2, 0) is 5.75 Å². The highest BCUT2D eigenvalue weighted by Gasteiger charge is 2.09. The Kier molecular flexibility index (Phi) is 4.25. The number of hydrogen-bond acceptors (Lipinski definition) is 5. The third-order valence-corrected chi connectivity index (χ3v) is 4.78. The van der Waals surface area contributed by atoms with Gasteiger partial charge in [0.25, 0.3) is 5.56 Å². The zero-order chi connectivity index (χ0) is 17.2. The first-order valence-corrected chi connectivity index (χ1v) is 8.83. The molecule has 0 aliphatic heterocycles. The maximum absolute atomic E-state index is 12.2. The van der Waals surface area contributed by atoms with Crippen LogP contribution in [-0.4, -0.2) is 24.1 Å². The molecule has 3 heterocycles. The third kappa shape index (κ3) is 3.29. The topological polar surface area (TPSA) is 65.1 Å². The van der Waals surface area contributed by atoms with E-state index in [1.807, 2.05) is 34.9 Å². The normalized spacial score (nSPS) is 11.1. The molecule has 0 spiro atoms. The summed E-state index contributed by atoms with van der Waals surface area (Å²) in [6, 6.07) is 14.8. The van der Waals surface area contributed by atoms with Gasteiger partial charge >= 0.3 is 0 Å². The van der Waals surface area contributed by atoms with Gasteiger partial charge in [0.1, 0.15) is 12.0 Å². The van der Waals surface area contributed by atoms with Crippen molar-refractivity contribution < 1.29 is 0 Å². The van der Waals surface area contributed by atoms with Gasteiger partial charge in [-0.25, -0.2) is 4.98 Å². The maximum atomic E-state index is 12.2. The fourth-order valence-electron chi connectivity index (χ4n) is 2.43. The van der Waals surface area contributed by atoms with E-state index in [9.17, 15) is 4.79 Å². The highest BCUT2D eigenvalue weighted by atomic mass is 35.5. The van der Waals surface area contributed by atoms with Crippen molar-refractivity contribution in [2.75, 3.05) is 0 Å². The molecule has 124 valence electrons. The van der Waals surface area contributed by atoms with E-state index in [4.69, 9.17) is 11.6 Å². The number of halogens is 1. The Morgan fingerprint density at radius 1 is 1.12 bits per heavy atom. The first-order chi connectivity index (χ1) is 12.2. The molecule has 0 N–H and O–H groups in total. The lowest BCUT2D eigenvalue weighted by Crippen LogP contribution is -2.15. The first-order valence-electron chi connectivity index (χ1n) is 7.47. The van der Waals surface area contributed by atoms with Gasteiger partial charge in [-0.3, -0.25) is 13.8 Å². The minimum absolute atomic E-state index is 0.160. The van der Waals surface area contributed by atoms with Gasteiger partial charge in [-0.1, -0.05) is 41.6 Å². The van der Waals surface area contributed by atoms with Crippen molar-refractivity contribution in [2.45, 2.75) is 10.9 Å². The van der Waals surface area contributed by atoms with Crippen molar-refractivity contribution in [1.29, 1.82) is 0 Å². The molecule has 0 atom stereocenters. The second kappa shape index (κ2) is 6.70. The quantitative estimate of drug-likeness (QED) is 0.517. The summed E-state index contributed by atoms with van der Waals surface area (Å²) in [6.07, 6.45) is 3.23. The Morgan fingerprint density at radius 2 is 1.96 bits per heavy atom. The molecule has 0 bridgehead atoms. The molecule has 0 saturated heterocycles. The minimum atomic E-state index is -0.160. The van der Waals surface area contributed by atoms with Crippen molar-refractivity contribution in [1.82, 2.24) is 24.1 Å². The van der Waals surface area contributed by atoms with Gasteiger partial charge in [-0.15, -0.1) is 10.2 Å². The fraction of sp³-hybridized carbons (Fsp3) is 0.0588. The summed E-state index contributed by atoms with van der Waals surface area (Å²) >= 11 is 7.40. The molecule has 0 saturated carbocycles. The Labute approximate surface area is 152 Å². The minimum Gasteiger partial charge on any atom is -0.277 e.